The van der Waals surface area contributed by atoms with Gasteiger partial charge in [0.25, 0.3) is 0 Å². The van der Waals surface area contributed by atoms with Gasteiger partial charge in [-0.3, -0.25) is 0 Å². The van der Waals surface area contributed by atoms with Crippen LogP contribution in [-0.4, -0.2) is 12.2 Å². The van der Waals surface area contributed by atoms with E-state index in [9.17, 15) is 5.11 Å². The van der Waals surface area contributed by atoms with Gasteiger partial charge in [0.1, 0.15) is 5.75 Å². The monoisotopic (exact) mass is 469 g/mol. The quantitative estimate of drug-likeness (QED) is 0.274. The highest BCUT2D eigenvalue weighted by Gasteiger charge is 2.37. The molecule has 0 heterocycles. The molecule has 2 atom stereocenters. The predicted octanol–water partition coefficient (Wildman–Crippen LogP) is 7.90. The molecule has 0 spiro atoms. The Labute approximate surface area is 205 Å². The molecule has 3 heteroatoms. The second-order valence-corrected chi connectivity index (χ2v) is 13.4. The zero-order valence-electron chi connectivity index (χ0n) is 22.7. The van der Waals surface area contributed by atoms with Crippen LogP contribution in [0.3, 0.4) is 0 Å². The number of hydrogen-bond acceptors (Lipinski definition) is 2. The molecule has 0 fully saturated rings. The van der Waals surface area contributed by atoms with Gasteiger partial charge in [0, 0.05) is 17.3 Å². The number of nitrogens with one attached hydrogen (secondary N) is 1. The molecule has 2 unspecified atom stereocenters. The minimum absolute atomic E-state index is 0.0263. The second-order valence-electron chi connectivity index (χ2n) is 11.6. The molecule has 0 aliphatic heterocycles. The molecule has 2 rings (SSSR count). The van der Waals surface area contributed by atoms with Crippen molar-refractivity contribution >= 4 is 13.9 Å². The van der Waals surface area contributed by atoms with E-state index in [1.165, 1.54) is 35.7 Å². The normalized spacial score (nSPS) is 14.7. The molecule has 0 aliphatic carbocycles. The van der Waals surface area contributed by atoms with Crippen LogP contribution in [-0.2, 0) is 22.5 Å². The fourth-order valence-corrected chi connectivity index (χ4v) is 6.48. The van der Waals surface area contributed by atoms with E-state index in [-0.39, 0.29) is 16.0 Å². The largest absolute Gasteiger partial charge is 0.507 e. The summed E-state index contributed by atoms with van der Waals surface area (Å²) in [6.07, 6.45) is 5.76. The van der Waals surface area contributed by atoms with Crippen LogP contribution in [0, 0.1) is 0 Å². The van der Waals surface area contributed by atoms with Crippen molar-refractivity contribution in [2.75, 3.05) is 7.05 Å². The molecule has 0 saturated heterocycles. The highest BCUT2D eigenvalue weighted by molar-refractivity contribution is 7.48. The van der Waals surface area contributed by atoms with E-state index in [1.54, 1.807) is 0 Å². The number of phenolic OH excluding ortho intramolecular Hbond substituents is 1. The summed E-state index contributed by atoms with van der Waals surface area (Å²) < 4.78 is 0. The summed E-state index contributed by atoms with van der Waals surface area (Å²) in [6.45, 7) is 19.0. The molecule has 2 nitrogen and oxygen atoms in total. The highest BCUT2D eigenvalue weighted by atomic mass is 31.1. The van der Waals surface area contributed by atoms with E-state index in [4.69, 9.17) is 0 Å². The highest BCUT2D eigenvalue weighted by Crippen LogP contribution is 2.53. The van der Waals surface area contributed by atoms with Crippen molar-refractivity contribution < 1.29 is 5.11 Å². The van der Waals surface area contributed by atoms with Crippen molar-refractivity contribution in [2.45, 2.75) is 110 Å². The number of hydrogen-bond donors (Lipinski definition) is 2. The Morgan fingerprint density at radius 1 is 0.879 bits per heavy atom. The molecular formula is C30H48NOP. The van der Waals surface area contributed by atoms with Crippen LogP contribution in [0.25, 0.3) is 0 Å². The molecule has 33 heavy (non-hydrogen) atoms. The zero-order valence-corrected chi connectivity index (χ0v) is 23.7. The van der Waals surface area contributed by atoms with Gasteiger partial charge in [-0.05, 0) is 52.7 Å². The molecule has 0 aromatic heterocycles. The average molecular weight is 470 g/mol. The van der Waals surface area contributed by atoms with Crippen molar-refractivity contribution in [3.05, 3.63) is 58.7 Å². The number of unbranched alkanes of at least 4 members (excludes halogenated alkanes) is 2. The summed E-state index contributed by atoms with van der Waals surface area (Å²) in [5.41, 5.74) is 4.84. The Hall–Kier alpha value is -1.37. The van der Waals surface area contributed by atoms with E-state index in [2.05, 4.69) is 97.1 Å². The van der Waals surface area contributed by atoms with E-state index in [1.807, 2.05) is 7.05 Å². The van der Waals surface area contributed by atoms with Crippen molar-refractivity contribution in [1.82, 2.24) is 5.32 Å². The van der Waals surface area contributed by atoms with Gasteiger partial charge < -0.3 is 10.4 Å². The van der Waals surface area contributed by atoms with Crippen molar-refractivity contribution in [2.24, 2.45) is 0 Å². The van der Waals surface area contributed by atoms with E-state index < -0.39 is 0 Å². The molecule has 0 bridgehead atoms. The fourth-order valence-electron chi connectivity index (χ4n) is 4.65. The van der Waals surface area contributed by atoms with Crippen LogP contribution in [0.15, 0.2) is 36.4 Å². The van der Waals surface area contributed by atoms with E-state index in [0.717, 1.165) is 30.5 Å². The fraction of sp³-hybridized carbons (Fsp3) is 0.600. The van der Waals surface area contributed by atoms with Crippen LogP contribution in [0.5, 0.6) is 5.75 Å². The van der Waals surface area contributed by atoms with Crippen LogP contribution < -0.4 is 10.6 Å². The molecular weight excluding hydrogens is 421 g/mol. The lowest BCUT2D eigenvalue weighted by Gasteiger charge is -2.38. The summed E-state index contributed by atoms with van der Waals surface area (Å²) >= 11 is 0. The van der Waals surface area contributed by atoms with Crippen molar-refractivity contribution in [3.8, 4) is 5.75 Å². The Balaban J connectivity index is 2.78. The van der Waals surface area contributed by atoms with Gasteiger partial charge in [0.05, 0.1) is 0 Å². The summed E-state index contributed by atoms with van der Waals surface area (Å²) in [5, 5.41) is 16.5. The maximum absolute atomic E-state index is 11.8. The predicted molar refractivity (Wildman–Crippen MR) is 149 cm³/mol. The third-order valence-corrected chi connectivity index (χ3v) is 8.98. The molecule has 184 valence electrons. The standard InChI is InChI=1S/C30H48NOP/c1-10-12-15-18-30(11-2,33-26-17-14-13-16-22(26)21-31-9)25-20-23(28(3,4)5)19-24(27(25)32)29(6,7)8/h13-14,16-17,19-20,31-33H,10-12,15,18,21H2,1-9H3. The molecule has 0 saturated carbocycles. The topological polar surface area (TPSA) is 32.3 Å². The Morgan fingerprint density at radius 3 is 2.06 bits per heavy atom. The molecule has 2 aromatic rings. The number of benzene rings is 2. The van der Waals surface area contributed by atoms with E-state index in [0.29, 0.717) is 14.3 Å². The average Bonchev–Trinajstić information content (AvgIpc) is 2.73. The summed E-state index contributed by atoms with van der Waals surface area (Å²) in [5.74, 6) is 0.521. The summed E-state index contributed by atoms with van der Waals surface area (Å²) in [6, 6.07) is 13.4. The molecule has 0 radical (unpaired) electrons. The first-order chi connectivity index (χ1) is 15.4. The van der Waals surface area contributed by atoms with Gasteiger partial charge in [-0.15, -0.1) is 0 Å². The van der Waals surface area contributed by atoms with Gasteiger partial charge in [-0.1, -0.05) is 120 Å². The first kappa shape index (κ1) is 27.9. The van der Waals surface area contributed by atoms with E-state index >= 15 is 0 Å². The summed E-state index contributed by atoms with van der Waals surface area (Å²) in [7, 11) is 2.64. The molecule has 0 amide bonds. The molecule has 0 aliphatic rings. The maximum Gasteiger partial charge on any atom is 0.123 e. The van der Waals surface area contributed by atoms with Crippen LogP contribution in [0.1, 0.15) is 110 Å². The van der Waals surface area contributed by atoms with Crippen LogP contribution >= 0.6 is 8.58 Å². The third kappa shape index (κ3) is 6.83. The van der Waals surface area contributed by atoms with Crippen LogP contribution in [0.4, 0.5) is 0 Å². The third-order valence-electron chi connectivity index (χ3n) is 6.87. The van der Waals surface area contributed by atoms with Crippen LogP contribution in [0.2, 0.25) is 0 Å². The van der Waals surface area contributed by atoms with Gasteiger partial charge in [0.2, 0.25) is 0 Å². The minimum atomic E-state index is -0.115. The first-order valence-electron chi connectivity index (χ1n) is 12.8. The Kier molecular flexibility index (Phi) is 9.60. The van der Waals surface area contributed by atoms with Gasteiger partial charge >= 0.3 is 0 Å². The molecule has 2 N–H and O–H groups in total. The van der Waals surface area contributed by atoms with Gasteiger partial charge in [-0.2, -0.15) is 0 Å². The molecule has 2 aromatic carbocycles. The Bertz CT molecular complexity index is 906. The number of phenols is 1. The second kappa shape index (κ2) is 11.4. The number of aromatic hydroxyl groups is 1. The van der Waals surface area contributed by atoms with Gasteiger partial charge in [-0.25, -0.2) is 0 Å². The summed E-state index contributed by atoms with van der Waals surface area (Å²) in [4.78, 5) is 0. The maximum atomic E-state index is 11.8. The SMILES string of the molecule is CCCCCC(CC)(Pc1ccccc1CNC)c1cc(C(C)(C)C)cc(C(C)(C)C)c1O. The van der Waals surface area contributed by atoms with Crippen molar-refractivity contribution in [1.29, 1.82) is 0 Å². The lowest BCUT2D eigenvalue weighted by atomic mass is 9.76. The Morgan fingerprint density at radius 2 is 1.52 bits per heavy atom. The first-order valence-corrected chi connectivity index (χ1v) is 13.8. The minimum Gasteiger partial charge on any atom is -0.507 e. The van der Waals surface area contributed by atoms with Crippen molar-refractivity contribution in [3.63, 3.8) is 0 Å². The zero-order chi connectivity index (χ0) is 24.9. The number of rotatable bonds is 10. The lowest BCUT2D eigenvalue weighted by molar-refractivity contribution is 0.415. The lowest BCUT2D eigenvalue weighted by Crippen LogP contribution is -2.27. The smallest absolute Gasteiger partial charge is 0.123 e. The van der Waals surface area contributed by atoms with Gasteiger partial charge in [0.15, 0.2) is 0 Å².